The molecule has 0 radical (unpaired) electrons. The number of hydrogen-bond acceptors (Lipinski definition) is 4. The predicted octanol–water partition coefficient (Wildman–Crippen LogP) is 6.35. The van der Waals surface area contributed by atoms with E-state index in [4.69, 9.17) is 21.4 Å². The van der Waals surface area contributed by atoms with Gasteiger partial charge in [0, 0.05) is 35.3 Å². The molecular formula is C30H31ClN2O3. The molecule has 0 bridgehead atoms. The standard InChI is InChI=1S/C30H31ClN2O3/c31-24-9-7-22(8-10-24)23-13-17-33(18-14-23)16-2-4-25-26-3-1-15-32-28(26)20-36-29-11-5-21(19-27(25)29)6-12-30(34)35/h1,3-5,7-11,15,19,23H,2,6,12-14,16-18,20H2,(H,34,35)/b25-4+. The number of likely N-dealkylation sites (tertiary alicyclic amines) is 1. The molecule has 1 aromatic heterocycles. The van der Waals surface area contributed by atoms with E-state index >= 15 is 0 Å². The molecule has 0 aliphatic carbocycles. The van der Waals surface area contributed by atoms with Crippen molar-refractivity contribution in [3.8, 4) is 5.75 Å². The third-order valence-corrected chi connectivity index (χ3v) is 7.48. The van der Waals surface area contributed by atoms with Gasteiger partial charge in [0.2, 0.25) is 0 Å². The molecular weight excluding hydrogens is 472 g/mol. The van der Waals surface area contributed by atoms with E-state index in [-0.39, 0.29) is 6.42 Å². The monoisotopic (exact) mass is 502 g/mol. The number of piperidine rings is 1. The molecule has 6 heteroatoms. The van der Waals surface area contributed by atoms with Crippen molar-refractivity contribution in [2.45, 2.75) is 44.6 Å². The molecule has 5 rings (SSSR count). The number of ether oxygens (including phenoxy) is 1. The van der Waals surface area contributed by atoms with Crippen molar-refractivity contribution in [2.24, 2.45) is 0 Å². The summed E-state index contributed by atoms with van der Waals surface area (Å²) >= 11 is 6.06. The van der Waals surface area contributed by atoms with Gasteiger partial charge in [0.25, 0.3) is 0 Å². The molecule has 0 spiro atoms. The zero-order valence-electron chi connectivity index (χ0n) is 20.3. The lowest BCUT2D eigenvalue weighted by Gasteiger charge is -2.32. The number of carboxylic acid groups (broad SMARTS) is 1. The zero-order valence-corrected chi connectivity index (χ0v) is 21.1. The molecule has 2 aliphatic heterocycles. The number of carbonyl (C=O) groups is 1. The smallest absolute Gasteiger partial charge is 0.303 e. The maximum atomic E-state index is 11.1. The van der Waals surface area contributed by atoms with Gasteiger partial charge in [-0.15, -0.1) is 0 Å². The maximum absolute atomic E-state index is 11.1. The van der Waals surface area contributed by atoms with Gasteiger partial charge >= 0.3 is 5.97 Å². The third kappa shape index (κ3) is 5.80. The van der Waals surface area contributed by atoms with Crippen LogP contribution in [-0.4, -0.2) is 40.6 Å². The lowest BCUT2D eigenvalue weighted by atomic mass is 9.89. The fourth-order valence-electron chi connectivity index (χ4n) is 5.25. The molecule has 36 heavy (non-hydrogen) atoms. The number of hydrogen-bond donors (Lipinski definition) is 1. The number of benzene rings is 2. The van der Waals surface area contributed by atoms with E-state index in [1.807, 2.05) is 30.3 Å². The van der Waals surface area contributed by atoms with Gasteiger partial charge in [-0.05, 0) is 91.7 Å². The third-order valence-electron chi connectivity index (χ3n) is 7.23. The van der Waals surface area contributed by atoms with E-state index in [1.54, 1.807) is 6.20 Å². The molecule has 2 aromatic carbocycles. The first-order valence-electron chi connectivity index (χ1n) is 12.7. The first kappa shape index (κ1) is 24.5. The second-order valence-corrected chi connectivity index (χ2v) is 10.0. The molecule has 0 saturated carbocycles. The highest BCUT2D eigenvalue weighted by molar-refractivity contribution is 6.30. The maximum Gasteiger partial charge on any atom is 0.303 e. The van der Waals surface area contributed by atoms with Crippen LogP contribution in [0.3, 0.4) is 0 Å². The average molecular weight is 503 g/mol. The summed E-state index contributed by atoms with van der Waals surface area (Å²) in [6.45, 7) is 3.61. The lowest BCUT2D eigenvalue weighted by molar-refractivity contribution is -0.136. The summed E-state index contributed by atoms with van der Waals surface area (Å²) < 4.78 is 6.10. The molecule has 0 amide bonds. The Hall–Kier alpha value is -3.15. The van der Waals surface area contributed by atoms with Crippen LogP contribution in [0.4, 0.5) is 0 Å². The van der Waals surface area contributed by atoms with Crippen molar-refractivity contribution in [3.05, 3.63) is 99.8 Å². The summed E-state index contributed by atoms with van der Waals surface area (Å²) in [5.41, 5.74) is 6.55. The molecule has 3 heterocycles. The zero-order chi connectivity index (χ0) is 24.9. The van der Waals surface area contributed by atoms with Crippen LogP contribution in [0.5, 0.6) is 5.75 Å². The van der Waals surface area contributed by atoms with Gasteiger partial charge in [0.1, 0.15) is 12.4 Å². The summed E-state index contributed by atoms with van der Waals surface area (Å²) in [7, 11) is 0. The number of nitrogens with zero attached hydrogens (tertiary/aromatic N) is 2. The van der Waals surface area contributed by atoms with Crippen molar-refractivity contribution in [2.75, 3.05) is 19.6 Å². The fraction of sp³-hybridized carbons (Fsp3) is 0.333. The van der Waals surface area contributed by atoms with Crippen LogP contribution < -0.4 is 4.74 Å². The van der Waals surface area contributed by atoms with Crippen LogP contribution in [0.25, 0.3) is 5.57 Å². The second kappa shape index (κ2) is 11.3. The van der Waals surface area contributed by atoms with Gasteiger partial charge in [-0.3, -0.25) is 9.78 Å². The Morgan fingerprint density at radius 3 is 2.69 bits per heavy atom. The fourth-order valence-corrected chi connectivity index (χ4v) is 5.37. The predicted molar refractivity (Wildman–Crippen MR) is 143 cm³/mol. The molecule has 186 valence electrons. The molecule has 2 aliphatic rings. The number of fused-ring (bicyclic) bond motifs is 2. The highest BCUT2D eigenvalue weighted by Crippen LogP contribution is 2.37. The lowest BCUT2D eigenvalue weighted by Crippen LogP contribution is -2.33. The molecule has 1 saturated heterocycles. The Morgan fingerprint density at radius 1 is 1.11 bits per heavy atom. The Labute approximate surface area is 217 Å². The summed E-state index contributed by atoms with van der Waals surface area (Å²) in [4.78, 5) is 18.2. The number of pyridine rings is 1. The first-order chi connectivity index (χ1) is 17.6. The van der Waals surface area contributed by atoms with Crippen LogP contribution in [-0.2, 0) is 17.8 Å². The van der Waals surface area contributed by atoms with Gasteiger partial charge in [-0.2, -0.15) is 0 Å². The van der Waals surface area contributed by atoms with Crippen LogP contribution >= 0.6 is 11.6 Å². The van der Waals surface area contributed by atoms with Gasteiger partial charge in [-0.25, -0.2) is 0 Å². The van der Waals surface area contributed by atoms with E-state index in [2.05, 4.69) is 40.2 Å². The number of aromatic nitrogens is 1. The van der Waals surface area contributed by atoms with Gasteiger partial charge < -0.3 is 14.7 Å². The van der Waals surface area contributed by atoms with Crippen molar-refractivity contribution in [1.29, 1.82) is 0 Å². The number of rotatable bonds is 7. The number of aliphatic carboxylic acids is 1. The molecule has 1 N–H and O–H groups in total. The van der Waals surface area contributed by atoms with E-state index in [1.165, 1.54) is 5.56 Å². The minimum absolute atomic E-state index is 0.114. The van der Waals surface area contributed by atoms with Crippen molar-refractivity contribution >= 4 is 23.1 Å². The normalized spacial score (nSPS) is 17.2. The molecule has 0 unspecified atom stereocenters. The quantitative estimate of drug-likeness (QED) is 0.408. The SMILES string of the molecule is O=C(O)CCc1ccc2c(c1)/C(=C/CCN1CCC(c3ccc(Cl)cc3)CC1)c1cccnc1CO2. The molecule has 5 nitrogen and oxygen atoms in total. The average Bonchev–Trinajstić information content (AvgIpc) is 3.05. The Kier molecular flexibility index (Phi) is 7.69. The topological polar surface area (TPSA) is 62.7 Å². The van der Waals surface area contributed by atoms with E-state index in [0.29, 0.717) is 18.9 Å². The van der Waals surface area contributed by atoms with Crippen molar-refractivity contribution in [1.82, 2.24) is 9.88 Å². The Morgan fingerprint density at radius 2 is 1.92 bits per heavy atom. The molecule has 1 fully saturated rings. The number of halogens is 1. The molecule has 0 atom stereocenters. The van der Waals surface area contributed by atoms with Gasteiger partial charge in [0.05, 0.1) is 5.69 Å². The summed E-state index contributed by atoms with van der Waals surface area (Å²) in [5.74, 6) is 0.637. The highest BCUT2D eigenvalue weighted by Gasteiger charge is 2.22. The summed E-state index contributed by atoms with van der Waals surface area (Å²) in [5, 5.41) is 9.91. The van der Waals surface area contributed by atoms with Crippen molar-refractivity contribution < 1.29 is 14.6 Å². The largest absolute Gasteiger partial charge is 0.487 e. The van der Waals surface area contributed by atoms with Crippen LogP contribution in [0.2, 0.25) is 5.02 Å². The van der Waals surface area contributed by atoms with Crippen LogP contribution in [0, 0.1) is 0 Å². The Bertz CT molecular complexity index is 1250. The summed E-state index contributed by atoms with van der Waals surface area (Å²) in [6, 6.07) is 18.4. The van der Waals surface area contributed by atoms with E-state index < -0.39 is 5.97 Å². The Balaban J connectivity index is 1.31. The van der Waals surface area contributed by atoms with Crippen LogP contribution in [0.15, 0.2) is 66.9 Å². The van der Waals surface area contributed by atoms with Crippen molar-refractivity contribution in [3.63, 3.8) is 0 Å². The van der Waals surface area contributed by atoms with E-state index in [9.17, 15) is 4.79 Å². The number of carboxylic acids is 1. The first-order valence-corrected chi connectivity index (χ1v) is 13.0. The van der Waals surface area contributed by atoms with Crippen LogP contribution in [0.1, 0.15) is 59.5 Å². The van der Waals surface area contributed by atoms with Gasteiger partial charge in [-0.1, -0.05) is 41.9 Å². The summed E-state index contributed by atoms with van der Waals surface area (Å²) in [6.07, 6.45) is 7.97. The second-order valence-electron chi connectivity index (χ2n) is 9.58. The molecule has 3 aromatic rings. The highest BCUT2D eigenvalue weighted by atomic mass is 35.5. The number of aryl methyl sites for hydroxylation is 1. The van der Waals surface area contributed by atoms with Gasteiger partial charge in [0.15, 0.2) is 0 Å². The minimum atomic E-state index is -0.786. The minimum Gasteiger partial charge on any atom is -0.487 e. The van der Waals surface area contributed by atoms with E-state index in [0.717, 1.165) is 77.6 Å².